The highest BCUT2D eigenvalue weighted by Gasteiger charge is 2.21. The van der Waals surface area contributed by atoms with Gasteiger partial charge in [-0.1, -0.05) is 72.8 Å². The van der Waals surface area contributed by atoms with Gasteiger partial charge in [-0.25, -0.2) is 9.59 Å². The van der Waals surface area contributed by atoms with E-state index in [0.717, 1.165) is 91.2 Å². The van der Waals surface area contributed by atoms with Crippen LogP contribution in [0.3, 0.4) is 0 Å². The second kappa shape index (κ2) is 17.4. The second-order valence-electron chi connectivity index (χ2n) is 13.5. The van der Waals surface area contributed by atoms with Crippen molar-refractivity contribution in [1.29, 1.82) is 0 Å². The fourth-order valence-corrected chi connectivity index (χ4v) is 6.71. The topological polar surface area (TPSA) is 117 Å². The van der Waals surface area contributed by atoms with E-state index < -0.39 is 0 Å². The fourth-order valence-electron chi connectivity index (χ4n) is 6.71. The van der Waals surface area contributed by atoms with E-state index in [1.165, 1.54) is 0 Å². The molecule has 0 bridgehead atoms. The molecule has 10 heteroatoms. The van der Waals surface area contributed by atoms with Crippen LogP contribution < -0.4 is 20.1 Å². The molecule has 10 nitrogen and oxygen atoms in total. The van der Waals surface area contributed by atoms with Gasteiger partial charge in [-0.3, -0.25) is 9.59 Å². The Morgan fingerprint density at radius 1 is 0.418 bits per heavy atom. The Morgan fingerprint density at radius 2 is 0.782 bits per heavy atom. The molecule has 55 heavy (non-hydrogen) atoms. The minimum atomic E-state index is -0.333. The molecule has 278 valence electrons. The maximum atomic E-state index is 12.6. The zero-order valence-corrected chi connectivity index (χ0v) is 30.4. The van der Waals surface area contributed by atoms with Crippen molar-refractivity contribution in [2.24, 2.45) is 0 Å². The number of carbonyl (C=O) groups excluding carboxylic acids is 4. The van der Waals surface area contributed by atoms with Gasteiger partial charge in [0.25, 0.3) is 11.8 Å². The van der Waals surface area contributed by atoms with Crippen LogP contribution in [0.15, 0.2) is 133 Å². The quantitative estimate of drug-likeness (QED) is 0.176. The first-order valence-corrected chi connectivity index (χ1v) is 18.6. The SMILES string of the molecule is O=C(Nc1cccc2ccccc12)c1ccc(OC(=O)N2CCCC2)cc1.O=C(Nc1cccc2ccccc12)c1ccc(OC(=O)N2CCCCC2)cc1. The van der Waals surface area contributed by atoms with Crippen LogP contribution in [0.25, 0.3) is 21.5 Å². The second-order valence-corrected chi connectivity index (χ2v) is 13.5. The fraction of sp³-hybridized carbons (Fsp3) is 0.200. The molecule has 2 aliphatic heterocycles. The summed E-state index contributed by atoms with van der Waals surface area (Å²) in [5.41, 5.74) is 2.54. The van der Waals surface area contributed by atoms with Gasteiger partial charge in [-0.15, -0.1) is 0 Å². The predicted molar refractivity (Wildman–Crippen MR) is 215 cm³/mol. The van der Waals surface area contributed by atoms with Crippen molar-refractivity contribution < 1.29 is 28.7 Å². The van der Waals surface area contributed by atoms with Crippen molar-refractivity contribution in [2.45, 2.75) is 32.1 Å². The third-order valence-corrected chi connectivity index (χ3v) is 9.70. The van der Waals surface area contributed by atoms with Crippen LogP contribution >= 0.6 is 0 Å². The molecule has 2 heterocycles. The number of nitrogens with zero attached hydrogens (tertiary/aromatic N) is 2. The minimum Gasteiger partial charge on any atom is -0.410 e. The number of anilines is 2. The molecule has 0 radical (unpaired) electrons. The summed E-state index contributed by atoms with van der Waals surface area (Å²) < 4.78 is 10.8. The van der Waals surface area contributed by atoms with Crippen LogP contribution in [-0.4, -0.2) is 60.0 Å². The molecule has 0 unspecified atom stereocenters. The number of nitrogens with one attached hydrogen (secondary N) is 2. The Hall–Kier alpha value is -6.68. The number of ether oxygens (including phenoxy) is 2. The average Bonchev–Trinajstić information content (AvgIpc) is 3.78. The van der Waals surface area contributed by atoms with Gasteiger partial charge in [0.05, 0.1) is 0 Å². The lowest BCUT2D eigenvalue weighted by molar-refractivity contribution is 0.101. The first-order chi connectivity index (χ1) is 26.9. The molecule has 0 aliphatic carbocycles. The van der Waals surface area contributed by atoms with E-state index >= 15 is 0 Å². The molecule has 0 aromatic heterocycles. The summed E-state index contributed by atoms with van der Waals surface area (Å²) in [4.78, 5) is 52.8. The van der Waals surface area contributed by atoms with Gasteiger partial charge >= 0.3 is 12.2 Å². The van der Waals surface area contributed by atoms with E-state index in [1.54, 1.807) is 58.3 Å². The summed E-state index contributed by atoms with van der Waals surface area (Å²) in [6, 6.07) is 40.7. The van der Waals surface area contributed by atoms with Crippen LogP contribution in [0.1, 0.15) is 52.8 Å². The smallest absolute Gasteiger partial charge is 0.410 e. The predicted octanol–water partition coefficient (Wildman–Crippen LogP) is 9.76. The lowest BCUT2D eigenvalue weighted by Crippen LogP contribution is -2.37. The number of likely N-dealkylation sites (tertiary alicyclic amines) is 2. The number of benzene rings is 6. The van der Waals surface area contributed by atoms with Gasteiger partial charge in [-0.2, -0.15) is 0 Å². The number of hydrogen-bond acceptors (Lipinski definition) is 6. The van der Waals surface area contributed by atoms with Crippen molar-refractivity contribution >= 4 is 56.9 Å². The molecule has 0 spiro atoms. The zero-order chi connectivity index (χ0) is 38.0. The Bertz CT molecular complexity index is 2290. The number of piperidine rings is 1. The van der Waals surface area contributed by atoms with Crippen molar-refractivity contribution in [1.82, 2.24) is 9.80 Å². The van der Waals surface area contributed by atoms with Crippen molar-refractivity contribution in [2.75, 3.05) is 36.8 Å². The molecule has 2 N–H and O–H groups in total. The van der Waals surface area contributed by atoms with Crippen LogP contribution in [0.2, 0.25) is 0 Å². The maximum Gasteiger partial charge on any atom is 0.415 e. The highest BCUT2D eigenvalue weighted by atomic mass is 16.6. The highest BCUT2D eigenvalue weighted by Crippen LogP contribution is 2.26. The molecule has 0 saturated carbocycles. The van der Waals surface area contributed by atoms with Crippen molar-refractivity contribution in [3.05, 3.63) is 145 Å². The van der Waals surface area contributed by atoms with Crippen molar-refractivity contribution in [3.63, 3.8) is 0 Å². The van der Waals surface area contributed by atoms with Gasteiger partial charge in [0.2, 0.25) is 0 Å². The molecule has 0 atom stereocenters. The average molecular weight is 735 g/mol. The van der Waals surface area contributed by atoms with Gasteiger partial charge in [-0.05, 0) is 104 Å². The molecule has 8 rings (SSSR count). The number of fused-ring (bicyclic) bond motifs is 2. The van der Waals surface area contributed by atoms with E-state index in [0.29, 0.717) is 22.6 Å². The van der Waals surface area contributed by atoms with E-state index in [-0.39, 0.29) is 24.0 Å². The largest absolute Gasteiger partial charge is 0.415 e. The van der Waals surface area contributed by atoms with Crippen LogP contribution in [0.5, 0.6) is 11.5 Å². The Kier molecular flexibility index (Phi) is 11.6. The van der Waals surface area contributed by atoms with Crippen LogP contribution in [0, 0.1) is 0 Å². The molecular weight excluding hydrogens is 693 g/mol. The van der Waals surface area contributed by atoms with E-state index in [9.17, 15) is 19.2 Å². The number of rotatable bonds is 6. The Balaban J connectivity index is 0.000000169. The molecular formula is C45H42N4O6. The molecule has 4 amide bonds. The van der Waals surface area contributed by atoms with E-state index in [2.05, 4.69) is 10.6 Å². The zero-order valence-electron chi connectivity index (χ0n) is 30.4. The van der Waals surface area contributed by atoms with Gasteiger partial charge in [0.1, 0.15) is 11.5 Å². The summed E-state index contributed by atoms with van der Waals surface area (Å²) in [6.07, 6.45) is 4.56. The molecule has 2 aliphatic rings. The highest BCUT2D eigenvalue weighted by molar-refractivity contribution is 6.10. The Labute approximate surface area is 319 Å². The van der Waals surface area contributed by atoms with E-state index in [4.69, 9.17) is 9.47 Å². The molecule has 6 aromatic rings. The first-order valence-electron chi connectivity index (χ1n) is 18.6. The lowest BCUT2D eigenvalue weighted by atomic mass is 10.1. The standard InChI is InChI=1S/C23H22N2O3.C22H20N2O3/c26-22(24-21-10-6-8-17-7-2-3-9-20(17)21)18-11-13-19(14-12-18)28-23(27)25-15-4-1-5-16-25;25-21(23-20-9-5-7-16-6-1-2-8-19(16)20)17-10-12-18(13-11-17)27-22(26)24-14-3-4-15-24/h2-3,6-14H,1,4-5,15-16H2,(H,24,26);1-2,5-13H,3-4,14-15H2,(H,23,25). The Morgan fingerprint density at radius 3 is 1.20 bits per heavy atom. The number of hydrogen-bond donors (Lipinski definition) is 2. The monoisotopic (exact) mass is 734 g/mol. The lowest BCUT2D eigenvalue weighted by Gasteiger charge is -2.25. The molecule has 6 aromatic carbocycles. The third kappa shape index (κ3) is 9.28. The van der Waals surface area contributed by atoms with Crippen LogP contribution in [-0.2, 0) is 0 Å². The molecule has 2 fully saturated rings. The van der Waals surface area contributed by atoms with E-state index in [1.807, 2.05) is 84.9 Å². The minimum absolute atomic E-state index is 0.203. The van der Waals surface area contributed by atoms with Gasteiger partial charge < -0.3 is 29.9 Å². The van der Waals surface area contributed by atoms with Crippen LogP contribution in [0.4, 0.5) is 21.0 Å². The summed E-state index contributed by atoms with van der Waals surface area (Å²) in [6.45, 7) is 2.96. The third-order valence-electron chi connectivity index (χ3n) is 9.70. The molecule has 2 saturated heterocycles. The summed E-state index contributed by atoms with van der Waals surface area (Å²) in [5.74, 6) is 0.472. The normalized spacial score (nSPS) is 13.7. The first kappa shape index (κ1) is 36.7. The van der Waals surface area contributed by atoms with Crippen molar-refractivity contribution in [3.8, 4) is 11.5 Å². The van der Waals surface area contributed by atoms with Gasteiger partial charge in [0, 0.05) is 59.5 Å². The van der Waals surface area contributed by atoms with Gasteiger partial charge in [0.15, 0.2) is 0 Å². The summed E-state index contributed by atoms with van der Waals surface area (Å²) >= 11 is 0. The number of amides is 4. The maximum absolute atomic E-state index is 12.6. The summed E-state index contributed by atoms with van der Waals surface area (Å²) in [7, 11) is 0. The number of carbonyl (C=O) groups is 4. The summed E-state index contributed by atoms with van der Waals surface area (Å²) in [5, 5.41) is 10.0.